The monoisotopic (exact) mass is 371 g/mol. The van der Waals surface area contributed by atoms with Crippen LogP contribution < -0.4 is 15.5 Å². The number of nitrogens with zero attached hydrogens (tertiary/aromatic N) is 3. The number of aromatic nitrogens is 2. The van der Waals surface area contributed by atoms with Crippen LogP contribution in [-0.2, 0) is 17.8 Å². The molecule has 0 radical (unpaired) electrons. The van der Waals surface area contributed by atoms with Crippen LogP contribution in [0.2, 0.25) is 0 Å². The molecule has 3 heterocycles. The molecule has 134 valence electrons. The summed E-state index contributed by atoms with van der Waals surface area (Å²) in [7, 11) is 0. The number of fused-ring (bicyclic) bond motifs is 1. The van der Waals surface area contributed by atoms with Gasteiger partial charge in [0.1, 0.15) is 5.69 Å². The quantitative estimate of drug-likeness (QED) is 0.715. The fraction of sp³-hybridized carbons (Fsp3) is 0.294. The Hall–Kier alpha value is -2.94. The highest BCUT2D eigenvalue weighted by molar-refractivity contribution is 7.14. The van der Waals surface area contributed by atoms with E-state index in [9.17, 15) is 9.59 Å². The van der Waals surface area contributed by atoms with Gasteiger partial charge in [-0.05, 0) is 18.6 Å². The van der Waals surface area contributed by atoms with Crippen LogP contribution in [0.4, 0.5) is 9.93 Å². The lowest BCUT2D eigenvalue weighted by atomic mass is 10.2. The summed E-state index contributed by atoms with van der Waals surface area (Å²) >= 11 is 1.37. The molecule has 1 aliphatic rings. The van der Waals surface area contributed by atoms with E-state index >= 15 is 0 Å². The molecule has 3 amide bonds. The minimum absolute atomic E-state index is 0.139. The first-order chi connectivity index (χ1) is 12.7. The molecule has 2 aromatic heterocycles. The molecule has 26 heavy (non-hydrogen) atoms. The summed E-state index contributed by atoms with van der Waals surface area (Å²) in [6, 6.07) is 7.38. The summed E-state index contributed by atoms with van der Waals surface area (Å²) in [5, 5.41) is 12.9. The standard InChI is InChI=1S/C17H17N5O3S/c23-15(19-9-13-12-4-1-2-5-14(12)25-21-13)8-11-10-26-17(20-11)22-7-3-6-18-16(22)24/h1-2,4-5,10H,3,6-9H2,(H,18,24)(H,19,23). The molecule has 0 bridgehead atoms. The third kappa shape index (κ3) is 3.38. The molecule has 0 atom stereocenters. The van der Waals surface area contributed by atoms with Crippen molar-refractivity contribution in [3.8, 4) is 0 Å². The van der Waals surface area contributed by atoms with Gasteiger partial charge < -0.3 is 15.2 Å². The maximum absolute atomic E-state index is 12.2. The Morgan fingerprint density at radius 2 is 2.27 bits per heavy atom. The van der Waals surface area contributed by atoms with Crippen molar-refractivity contribution in [3.05, 3.63) is 41.0 Å². The molecular weight excluding hydrogens is 354 g/mol. The van der Waals surface area contributed by atoms with Gasteiger partial charge in [0.2, 0.25) is 5.91 Å². The molecule has 1 aliphatic heterocycles. The maximum Gasteiger partial charge on any atom is 0.323 e. The number of anilines is 1. The third-order valence-electron chi connectivity index (χ3n) is 4.10. The van der Waals surface area contributed by atoms with Crippen LogP contribution in [0.1, 0.15) is 17.8 Å². The first-order valence-corrected chi connectivity index (χ1v) is 9.18. The van der Waals surface area contributed by atoms with E-state index in [0.29, 0.717) is 41.7 Å². The van der Waals surface area contributed by atoms with E-state index in [1.54, 1.807) is 4.90 Å². The second kappa shape index (κ2) is 7.12. The Labute approximate surface area is 153 Å². The number of carbonyl (C=O) groups excluding carboxylic acids is 2. The van der Waals surface area contributed by atoms with Crippen molar-refractivity contribution in [2.75, 3.05) is 18.0 Å². The van der Waals surface area contributed by atoms with Crippen molar-refractivity contribution in [2.45, 2.75) is 19.4 Å². The predicted octanol–water partition coefficient (Wildman–Crippen LogP) is 2.06. The lowest BCUT2D eigenvalue weighted by molar-refractivity contribution is -0.120. The van der Waals surface area contributed by atoms with E-state index in [0.717, 1.165) is 11.8 Å². The average Bonchev–Trinajstić information content (AvgIpc) is 3.27. The minimum Gasteiger partial charge on any atom is -0.356 e. The van der Waals surface area contributed by atoms with E-state index in [4.69, 9.17) is 4.52 Å². The first kappa shape index (κ1) is 16.5. The molecule has 4 rings (SSSR count). The SMILES string of the molecule is O=C(Cc1csc(N2CCCNC2=O)n1)NCc1noc2ccccc12. The van der Waals surface area contributed by atoms with E-state index in [2.05, 4.69) is 20.8 Å². The number of rotatable bonds is 5. The van der Waals surface area contributed by atoms with Crippen molar-refractivity contribution in [1.29, 1.82) is 0 Å². The van der Waals surface area contributed by atoms with Gasteiger partial charge in [0.25, 0.3) is 0 Å². The Morgan fingerprint density at radius 1 is 1.38 bits per heavy atom. The van der Waals surface area contributed by atoms with Crippen molar-refractivity contribution >= 4 is 39.4 Å². The molecule has 2 N–H and O–H groups in total. The van der Waals surface area contributed by atoms with Crippen LogP contribution >= 0.6 is 11.3 Å². The Balaban J connectivity index is 1.36. The highest BCUT2D eigenvalue weighted by atomic mass is 32.1. The van der Waals surface area contributed by atoms with Crippen LogP contribution in [0.25, 0.3) is 11.0 Å². The largest absolute Gasteiger partial charge is 0.356 e. The summed E-state index contributed by atoms with van der Waals surface area (Å²) in [6.45, 7) is 1.62. The highest BCUT2D eigenvalue weighted by Crippen LogP contribution is 2.22. The second-order valence-electron chi connectivity index (χ2n) is 5.94. The fourth-order valence-corrected chi connectivity index (χ4v) is 3.64. The van der Waals surface area contributed by atoms with Crippen LogP contribution in [0.15, 0.2) is 34.2 Å². The summed E-state index contributed by atoms with van der Waals surface area (Å²) in [6.07, 6.45) is 1.04. The average molecular weight is 371 g/mol. The predicted molar refractivity (Wildman–Crippen MR) is 97.0 cm³/mol. The van der Waals surface area contributed by atoms with Gasteiger partial charge in [-0.2, -0.15) is 0 Å². The maximum atomic E-state index is 12.2. The topological polar surface area (TPSA) is 100 Å². The number of nitrogens with one attached hydrogen (secondary N) is 2. The molecule has 8 nitrogen and oxygen atoms in total. The van der Waals surface area contributed by atoms with Gasteiger partial charge >= 0.3 is 6.03 Å². The third-order valence-corrected chi connectivity index (χ3v) is 5.01. The molecule has 0 saturated carbocycles. The zero-order chi connectivity index (χ0) is 17.9. The molecule has 1 aromatic carbocycles. The van der Waals surface area contributed by atoms with E-state index in [1.165, 1.54) is 11.3 Å². The number of hydrogen-bond donors (Lipinski definition) is 2. The Morgan fingerprint density at radius 3 is 3.15 bits per heavy atom. The second-order valence-corrected chi connectivity index (χ2v) is 6.77. The van der Waals surface area contributed by atoms with Gasteiger partial charge in [-0.25, -0.2) is 9.78 Å². The fourth-order valence-electron chi connectivity index (χ4n) is 2.79. The van der Waals surface area contributed by atoms with Gasteiger partial charge in [-0.15, -0.1) is 11.3 Å². The molecule has 1 saturated heterocycles. The van der Waals surface area contributed by atoms with Crippen molar-refractivity contribution in [2.24, 2.45) is 0 Å². The van der Waals surface area contributed by atoms with Crippen LogP contribution in [0, 0.1) is 0 Å². The first-order valence-electron chi connectivity index (χ1n) is 8.30. The molecule has 0 aliphatic carbocycles. The number of hydrogen-bond acceptors (Lipinski definition) is 6. The lowest BCUT2D eigenvalue weighted by Crippen LogP contribution is -2.46. The van der Waals surface area contributed by atoms with Crippen LogP contribution in [-0.4, -0.2) is 35.2 Å². The molecule has 3 aromatic rings. The smallest absolute Gasteiger partial charge is 0.323 e. The van der Waals surface area contributed by atoms with Gasteiger partial charge in [0.05, 0.1) is 18.7 Å². The van der Waals surface area contributed by atoms with Crippen molar-refractivity contribution in [3.63, 3.8) is 0 Å². The molecule has 1 fully saturated rings. The Kier molecular flexibility index (Phi) is 4.53. The van der Waals surface area contributed by atoms with Gasteiger partial charge in [0, 0.05) is 23.9 Å². The normalized spacial score (nSPS) is 14.5. The van der Waals surface area contributed by atoms with Crippen molar-refractivity contribution in [1.82, 2.24) is 20.8 Å². The zero-order valence-corrected chi connectivity index (χ0v) is 14.7. The number of benzene rings is 1. The summed E-state index contributed by atoms with van der Waals surface area (Å²) < 4.78 is 5.22. The van der Waals surface area contributed by atoms with E-state index in [1.807, 2.05) is 29.6 Å². The summed E-state index contributed by atoms with van der Waals surface area (Å²) in [5.41, 5.74) is 2.03. The molecule has 9 heteroatoms. The van der Waals surface area contributed by atoms with E-state index < -0.39 is 0 Å². The van der Waals surface area contributed by atoms with Gasteiger partial charge in [-0.1, -0.05) is 17.3 Å². The van der Waals surface area contributed by atoms with E-state index in [-0.39, 0.29) is 18.4 Å². The van der Waals surface area contributed by atoms with Crippen LogP contribution in [0.3, 0.4) is 0 Å². The minimum atomic E-state index is -0.156. The molecule has 0 spiro atoms. The number of thiazole rings is 1. The van der Waals surface area contributed by atoms with Crippen LogP contribution in [0.5, 0.6) is 0 Å². The molecule has 0 unspecified atom stereocenters. The lowest BCUT2D eigenvalue weighted by Gasteiger charge is -2.24. The zero-order valence-electron chi connectivity index (χ0n) is 13.9. The summed E-state index contributed by atoms with van der Waals surface area (Å²) in [4.78, 5) is 30.1. The number of carbonyl (C=O) groups is 2. The molecular formula is C17H17N5O3S. The Bertz CT molecular complexity index is 951. The van der Waals surface area contributed by atoms with Crippen molar-refractivity contribution < 1.29 is 14.1 Å². The van der Waals surface area contributed by atoms with Gasteiger partial charge in [-0.3, -0.25) is 9.69 Å². The number of amides is 3. The van der Waals surface area contributed by atoms with Gasteiger partial charge in [0.15, 0.2) is 10.7 Å². The number of para-hydroxylation sites is 1. The summed E-state index contributed by atoms with van der Waals surface area (Å²) in [5.74, 6) is -0.156. The highest BCUT2D eigenvalue weighted by Gasteiger charge is 2.22. The number of urea groups is 1.